The molecule has 0 aliphatic heterocycles. The van der Waals surface area contributed by atoms with Gasteiger partial charge in [0.15, 0.2) is 0 Å². The van der Waals surface area contributed by atoms with Gasteiger partial charge in [-0.25, -0.2) is 5.43 Å². The third-order valence-corrected chi connectivity index (χ3v) is 5.08. The van der Waals surface area contributed by atoms with Crippen molar-refractivity contribution in [2.75, 3.05) is 6.54 Å². The number of nitrogens with zero attached hydrogens (tertiary/aromatic N) is 1. The molecule has 5 nitrogen and oxygen atoms in total. The minimum atomic E-state index is -0.488. The standard InChI is InChI=1S/C26H27N3O2/c1-3-20-14-16-21(17-15-20)19(2)28-29-24(30)18-27-26(31)25(22-10-6-4-7-11-22)23-12-8-5-9-13-23/h4-17,25H,3,18H2,1-2H3,(H,27,31)(H,29,30)/b28-19-. The Morgan fingerprint density at radius 3 is 1.90 bits per heavy atom. The summed E-state index contributed by atoms with van der Waals surface area (Å²) in [5.74, 6) is -1.10. The Morgan fingerprint density at radius 1 is 0.839 bits per heavy atom. The summed E-state index contributed by atoms with van der Waals surface area (Å²) in [5, 5.41) is 6.89. The van der Waals surface area contributed by atoms with Crippen LogP contribution in [0.4, 0.5) is 0 Å². The van der Waals surface area contributed by atoms with Crippen LogP contribution in [0.3, 0.4) is 0 Å². The van der Waals surface area contributed by atoms with Crippen molar-refractivity contribution in [1.82, 2.24) is 10.7 Å². The number of carbonyl (C=O) groups excluding carboxylic acids is 2. The summed E-state index contributed by atoms with van der Waals surface area (Å²) in [5.41, 5.74) is 7.15. The van der Waals surface area contributed by atoms with Gasteiger partial charge in [-0.1, -0.05) is 91.9 Å². The predicted octanol–water partition coefficient (Wildman–Crippen LogP) is 4.04. The third-order valence-electron chi connectivity index (χ3n) is 5.08. The van der Waals surface area contributed by atoms with Crippen LogP contribution in [0.1, 0.15) is 42.0 Å². The van der Waals surface area contributed by atoms with Gasteiger partial charge in [0.25, 0.3) is 5.91 Å². The first kappa shape index (κ1) is 22.0. The van der Waals surface area contributed by atoms with E-state index in [0.717, 1.165) is 23.1 Å². The summed E-state index contributed by atoms with van der Waals surface area (Å²) in [6, 6.07) is 27.1. The van der Waals surface area contributed by atoms with Gasteiger partial charge in [-0.2, -0.15) is 5.10 Å². The van der Waals surface area contributed by atoms with E-state index in [-0.39, 0.29) is 18.4 Å². The molecule has 0 bridgehead atoms. The van der Waals surface area contributed by atoms with Crippen LogP contribution < -0.4 is 10.7 Å². The van der Waals surface area contributed by atoms with Gasteiger partial charge in [-0.3, -0.25) is 9.59 Å². The molecule has 0 heterocycles. The molecule has 2 N–H and O–H groups in total. The number of aryl methyl sites for hydroxylation is 1. The zero-order valence-electron chi connectivity index (χ0n) is 17.8. The van der Waals surface area contributed by atoms with Crippen molar-refractivity contribution >= 4 is 17.5 Å². The first-order valence-electron chi connectivity index (χ1n) is 10.4. The fourth-order valence-corrected chi connectivity index (χ4v) is 3.29. The van der Waals surface area contributed by atoms with Crippen LogP contribution in [0.25, 0.3) is 0 Å². The van der Waals surface area contributed by atoms with Crippen LogP contribution in [-0.2, 0) is 16.0 Å². The van der Waals surface area contributed by atoms with Crippen molar-refractivity contribution in [3.63, 3.8) is 0 Å². The number of hydrazone groups is 1. The van der Waals surface area contributed by atoms with Gasteiger partial charge in [0, 0.05) is 0 Å². The van der Waals surface area contributed by atoms with Gasteiger partial charge in [-0.05, 0) is 35.6 Å². The summed E-state index contributed by atoms with van der Waals surface area (Å²) in [6.45, 7) is 3.78. The Labute approximate surface area is 183 Å². The van der Waals surface area contributed by atoms with E-state index in [9.17, 15) is 9.59 Å². The minimum absolute atomic E-state index is 0.152. The molecule has 0 aliphatic carbocycles. The van der Waals surface area contributed by atoms with Crippen LogP contribution in [0.15, 0.2) is 90.0 Å². The van der Waals surface area contributed by atoms with E-state index in [1.807, 2.05) is 91.9 Å². The zero-order chi connectivity index (χ0) is 22.1. The van der Waals surface area contributed by atoms with E-state index in [1.54, 1.807) is 0 Å². The van der Waals surface area contributed by atoms with E-state index in [4.69, 9.17) is 0 Å². The van der Waals surface area contributed by atoms with Crippen LogP contribution in [0.5, 0.6) is 0 Å². The highest BCUT2D eigenvalue weighted by Gasteiger charge is 2.22. The van der Waals surface area contributed by atoms with Crippen LogP contribution in [0, 0.1) is 0 Å². The average Bonchev–Trinajstić information content (AvgIpc) is 2.83. The second-order valence-corrected chi connectivity index (χ2v) is 7.25. The highest BCUT2D eigenvalue weighted by Crippen LogP contribution is 2.24. The van der Waals surface area contributed by atoms with Crippen LogP contribution in [-0.4, -0.2) is 24.1 Å². The van der Waals surface area contributed by atoms with E-state index in [2.05, 4.69) is 22.8 Å². The summed E-state index contributed by atoms with van der Waals surface area (Å²) in [6.07, 6.45) is 0.972. The lowest BCUT2D eigenvalue weighted by atomic mass is 9.90. The zero-order valence-corrected chi connectivity index (χ0v) is 17.8. The molecule has 0 fully saturated rings. The number of carbonyl (C=O) groups is 2. The second kappa shape index (κ2) is 10.9. The number of benzene rings is 3. The van der Waals surface area contributed by atoms with Crippen molar-refractivity contribution in [2.24, 2.45) is 5.10 Å². The van der Waals surface area contributed by atoms with E-state index >= 15 is 0 Å². The highest BCUT2D eigenvalue weighted by atomic mass is 16.2. The van der Waals surface area contributed by atoms with Gasteiger partial charge in [0.2, 0.25) is 5.91 Å². The van der Waals surface area contributed by atoms with Crippen molar-refractivity contribution in [1.29, 1.82) is 0 Å². The molecule has 5 heteroatoms. The number of hydrogen-bond acceptors (Lipinski definition) is 3. The fraction of sp³-hybridized carbons (Fsp3) is 0.192. The number of amides is 2. The summed E-state index contributed by atoms with van der Waals surface area (Å²) in [7, 11) is 0. The molecular weight excluding hydrogens is 386 g/mol. The van der Waals surface area contributed by atoms with Crippen molar-refractivity contribution < 1.29 is 9.59 Å². The molecule has 0 aliphatic rings. The summed E-state index contributed by atoms with van der Waals surface area (Å²) >= 11 is 0. The predicted molar refractivity (Wildman–Crippen MR) is 124 cm³/mol. The number of hydrogen-bond donors (Lipinski definition) is 2. The van der Waals surface area contributed by atoms with Crippen molar-refractivity contribution in [3.05, 3.63) is 107 Å². The first-order chi connectivity index (χ1) is 15.1. The van der Waals surface area contributed by atoms with E-state index in [0.29, 0.717) is 5.71 Å². The molecule has 3 aromatic rings. The molecule has 0 spiro atoms. The third kappa shape index (κ3) is 6.12. The lowest BCUT2D eigenvalue weighted by Crippen LogP contribution is -2.38. The smallest absolute Gasteiger partial charge is 0.259 e. The van der Waals surface area contributed by atoms with Crippen LogP contribution >= 0.6 is 0 Å². The highest BCUT2D eigenvalue weighted by molar-refractivity contribution is 5.99. The molecule has 31 heavy (non-hydrogen) atoms. The second-order valence-electron chi connectivity index (χ2n) is 7.25. The fourth-order valence-electron chi connectivity index (χ4n) is 3.29. The van der Waals surface area contributed by atoms with Crippen LogP contribution in [0.2, 0.25) is 0 Å². The lowest BCUT2D eigenvalue weighted by Gasteiger charge is -2.17. The Kier molecular flexibility index (Phi) is 7.71. The average molecular weight is 414 g/mol. The SMILES string of the molecule is CCc1ccc(/C(C)=N\NC(=O)CNC(=O)C(c2ccccc2)c2ccccc2)cc1. The number of rotatable bonds is 8. The lowest BCUT2D eigenvalue weighted by molar-refractivity contribution is -0.126. The number of nitrogens with one attached hydrogen (secondary N) is 2. The quantitative estimate of drug-likeness (QED) is 0.432. The molecule has 0 saturated heterocycles. The first-order valence-corrected chi connectivity index (χ1v) is 10.4. The van der Waals surface area contributed by atoms with Gasteiger partial charge in [-0.15, -0.1) is 0 Å². The maximum Gasteiger partial charge on any atom is 0.259 e. The maximum absolute atomic E-state index is 12.9. The van der Waals surface area contributed by atoms with Gasteiger partial charge in [0.05, 0.1) is 18.2 Å². The summed E-state index contributed by atoms with van der Waals surface area (Å²) in [4.78, 5) is 25.2. The minimum Gasteiger partial charge on any atom is -0.346 e. The summed E-state index contributed by atoms with van der Waals surface area (Å²) < 4.78 is 0. The Balaban J connectivity index is 1.62. The molecule has 0 radical (unpaired) electrons. The topological polar surface area (TPSA) is 70.6 Å². The molecule has 0 aromatic heterocycles. The van der Waals surface area contributed by atoms with E-state index in [1.165, 1.54) is 5.56 Å². The largest absolute Gasteiger partial charge is 0.346 e. The molecule has 0 atom stereocenters. The Morgan fingerprint density at radius 2 is 1.39 bits per heavy atom. The Bertz CT molecular complexity index is 990. The van der Waals surface area contributed by atoms with Gasteiger partial charge >= 0.3 is 0 Å². The molecule has 158 valence electrons. The van der Waals surface area contributed by atoms with Crippen molar-refractivity contribution in [2.45, 2.75) is 26.2 Å². The molecular formula is C26H27N3O2. The monoisotopic (exact) mass is 413 g/mol. The molecule has 0 saturated carbocycles. The van der Waals surface area contributed by atoms with E-state index < -0.39 is 5.92 Å². The normalized spacial score (nSPS) is 11.3. The maximum atomic E-state index is 12.9. The molecule has 3 aromatic carbocycles. The molecule has 2 amide bonds. The Hall–Kier alpha value is -3.73. The van der Waals surface area contributed by atoms with Gasteiger partial charge in [0.1, 0.15) is 0 Å². The molecule has 0 unspecified atom stereocenters. The van der Waals surface area contributed by atoms with Gasteiger partial charge < -0.3 is 5.32 Å². The van der Waals surface area contributed by atoms with Crippen molar-refractivity contribution in [3.8, 4) is 0 Å². The molecule has 3 rings (SSSR count).